The fourth-order valence-electron chi connectivity index (χ4n) is 1.50. The van der Waals surface area contributed by atoms with Gasteiger partial charge in [0, 0.05) is 24.8 Å². The molecule has 0 unspecified atom stereocenters. The Labute approximate surface area is 111 Å². The molecule has 7 nitrogen and oxygen atoms in total. The number of aromatic nitrogens is 1. The molecule has 0 atom stereocenters. The Hall–Kier alpha value is -2.15. The highest BCUT2D eigenvalue weighted by Gasteiger charge is 2.13. The van der Waals surface area contributed by atoms with Gasteiger partial charge in [-0.1, -0.05) is 0 Å². The molecule has 0 saturated carbocycles. The zero-order valence-electron chi connectivity index (χ0n) is 11.0. The second-order valence-corrected chi connectivity index (χ2v) is 4.39. The summed E-state index contributed by atoms with van der Waals surface area (Å²) < 4.78 is 0. The largest absolute Gasteiger partial charge is 0.480 e. The van der Waals surface area contributed by atoms with Crippen LogP contribution < -0.4 is 10.6 Å². The van der Waals surface area contributed by atoms with Gasteiger partial charge >= 0.3 is 5.97 Å². The highest BCUT2D eigenvalue weighted by molar-refractivity contribution is 5.93. The van der Waals surface area contributed by atoms with Gasteiger partial charge in [-0.15, -0.1) is 0 Å². The Bertz CT molecular complexity index is 462. The van der Waals surface area contributed by atoms with Crippen molar-refractivity contribution in [1.29, 1.82) is 0 Å². The van der Waals surface area contributed by atoms with Crippen LogP contribution in [0.15, 0.2) is 18.3 Å². The molecule has 0 spiro atoms. The average molecular weight is 266 g/mol. The normalized spacial score (nSPS) is 10.5. The third kappa shape index (κ3) is 4.92. The third-order valence-electron chi connectivity index (χ3n) is 2.50. The van der Waals surface area contributed by atoms with E-state index in [4.69, 9.17) is 10.8 Å². The molecule has 0 aliphatic rings. The summed E-state index contributed by atoms with van der Waals surface area (Å²) in [6.45, 7) is 0.993. The summed E-state index contributed by atoms with van der Waals surface area (Å²) in [5.41, 5.74) is 5.51. The molecule has 1 rings (SSSR count). The van der Waals surface area contributed by atoms with Crippen LogP contribution in [0.25, 0.3) is 0 Å². The molecule has 0 fully saturated rings. The first-order valence-corrected chi connectivity index (χ1v) is 5.77. The molecule has 1 aromatic heterocycles. The minimum Gasteiger partial charge on any atom is -0.480 e. The summed E-state index contributed by atoms with van der Waals surface area (Å²) in [5, 5.41) is 8.91. The third-order valence-corrected chi connectivity index (χ3v) is 2.50. The number of rotatable bonds is 7. The van der Waals surface area contributed by atoms with Crippen molar-refractivity contribution in [3.63, 3.8) is 0 Å². The SMILES string of the molecule is CN(C)CCN(CC(=O)O)c1cc(C(N)=O)ccn1. The molecule has 1 aromatic rings. The fraction of sp³-hybridized carbons (Fsp3) is 0.417. The van der Waals surface area contributed by atoms with Crippen LogP contribution in [-0.2, 0) is 4.79 Å². The van der Waals surface area contributed by atoms with Crippen LogP contribution in [0.5, 0.6) is 0 Å². The predicted molar refractivity (Wildman–Crippen MR) is 71.2 cm³/mol. The van der Waals surface area contributed by atoms with Gasteiger partial charge < -0.3 is 20.6 Å². The van der Waals surface area contributed by atoms with E-state index in [0.717, 1.165) is 0 Å². The highest BCUT2D eigenvalue weighted by atomic mass is 16.4. The minimum atomic E-state index is -0.954. The number of nitrogens with zero attached hydrogens (tertiary/aromatic N) is 3. The maximum atomic E-state index is 11.1. The van der Waals surface area contributed by atoms with Crippen molar-refractivity contribution in [3.8, 4) is 0 Å². The first-order valence-electron chi connectivity index (χ1n) is 5.77. The molecule has 19 heavy (non-hydrogen) atoms. The molecule has 0 aliphatic carbocycles. The van der Waals surface area contributed by atoms with Gasteiger partial charge in [0.2, 0.25) is 5.91 Å². The highest BCUT2D eigenvalue weighted by Crippen LogP contribution is 2.12. The maximum Gasteiger partial charge on any atom is 0.323 e. The average Bonchev–Trinajstić information content (AvgIpc) is 2.34. The van der Waals surface area contributed by atoms with Gasteiger partial charge in [-0.25, -0.2) is 4.98 Å². The number of carbonyl (C=O) groups is 2. The second-order valence-electron chi connectivity index (χ2n) is 4.39. The van der Waals surface area contributed by atoms with Crippen LogP contribution in [0, 0.1) is 0 Å². The van der Waals surface area contributed by atoms with Gasteiger partial charge in [-0.2, -0.15) is 0 Å². The van der Waals surface area contributed by atoms with Crippen molar-refractivity contribution >= 4 is 17.7 Å². The predicted octanol–water partition coefficient (Wildman–Crippen LogP) is -0.367. The second kappa shape index (κ2) is 6.69. The zero-order valence-corrected chi connectivity index (χ0v) is 11.0. The van der Waals surface area contributed by atoms with Gasteiger partial charge in [-0.3, -0.25) is 9.59 Å². The molecule has 0 bridgehead atoms. The molecular weight excluding hydrogens is 248 g/mol. The first-order chi connectivity index (χ1) is 8.90. The molecule has 0 aromatic carbocycles. The smallest absolute Gasteiger partial charge is 0.323 e. The molecule has 1 amide bonds. The molecule has 0 aliphatic heterocycles. The number of amides is 1. The van der Waals surface area contributed by atoms with Gasteiger partial charge in [-0.05, 0) is 26.2 Å². The molecular formula is C12H18N4O3. The molecule has 3 N–H and O–H groups in total. The number of carboxylic acid groups (broad SMARTS) is 1. The number of carbonyl (C=O) groups excluding carboxylic acids is 1. The standard InChI is InChI=1S/C12H18N4O3/c1-15(2)5-6-16(8-11(17)18)10-7-9(12(13)19)3-4-14-10/h3-4,7H,5-6,8H2,1-2H3,(H2,13,19)(H,17,18). The van der Waals surface area contributed by atoms with E-state index in [0.29, 0.717) is 24.5 Å². The van der Waals surface area contributed by atoms with Crippen molar-refractivity contribution in [3.05, 3.63) is 23.9 Å². The van der Waals surface area contributed by atoms with Crippen LogP contribution in [0.3, 0.4) is 0 Å². The van der Waals surface area contributed by atoms with Gasteiger partial charge in [0.15, 0.2) is 0 Å². The van der Waals surface area contributed by atoms with Gasteiger partial charge in [0.05, 0.1) is 0 Å². The van der Waals surface area contributed by atoms with Crippen molar-refractivity contribution < 1.29 is 14.7 Å². The Balaban J connectivity index is 2.92. The number of pyridine rings is 1. The molecule has 7 heteroatoms. The summed E-state index contributed by atoms with van der Waals surface area (Å²) in [6, 6.07) is 3.00. The zero-order chi connectivity index (χ0) is 14.4. The van der Waals surface area contributed by atoms with Crippen LogP contribution >= 0.6 is 0 Å². The lowest BCUT2D eigenvalue weighted by Crippen LogP contribution is -2.36. The van der Waals surface area contributed by atoms with Crippen molar-refractivity contribution in [2.75, 3.05) is 38.6 Å². The van der Waals surface area contributed by atoms with Gasteiger partial charge in [0.25, 0.3) is 0 Å². The minimum absolute atomic E-state index is 0.178. The van der Waals surface area contributed by atoms with Crippen molar-refractivity contribution in [2.45, 2.75) is 0 Å². The Morgan fingerprint density at radius 3 is 2.58 bits per heavy atom. The fourth-order valence-corrected chi connectivity index (χ4v) is 1.50. The van der Waals surface area contributed by atoms with Crippen LogP contribution in [-0.4, -0.2) is 60.6 Å². The molecule has 1 heterocycles. The lowest BCUT2D eigenvalue weighted by molar-refractivity contribution is -0.135. The van der Waals surface area contributed by atoms with E-state index in [-0.39, 0.29) is 6.54 Å². The van der Waals surface area contributed by atoms with E-state index < -0.39 is 11.9 Å². The Kier molecular flexibility index (Phi) is 5.25. The number of hydrogen-bond donors (Lipinski definition) is 2. The number of anilines is 1. The quantitative estimate of drug-likeness (QED) is 0.698. The number of nitrogens with two attached hydrogens (primary N) is 1. The molecule has 104 valence electrons. The van der Waals surface area contributed by atoms with E-state index in [9.17, 15) is 9.59 Å². The van der Waals surface area contributed by atoms with E-state index in [1.54, 1.807) is 4.90 Å². The lowest BCUT2D eigenvalue weighted by atomic mass is 10.2. The summed E-state index contributed by atoms with van der Waals surface area (Å²) in [5.74, 6) is -1.09. The number of hydrogen-bond acceptors (Lipinski definition) is 5. The van der Waals surface area contributed by atoms with Crippen LogP contribution in [0.4, 0.5) is 5.82 Å². The summed E-state index contributed by atoms with van der Waals surface area (Å²) in [4.78, 5) is 29.6. The molecule has 0 radical (unpaired) electrons. The monoisotopic (exact) mass is 266 g/mol. The summed E-state index contributed by atoms with van der Waals surface area (Å²) in [7, 11) is 3.79. The number of primary amides is 1. The van der Waals surface area contributed by atoms with Crippen LogP contribution in [0.2, 0.25) is 0 Å². The van der Waals surface area contributed by atoms with Gasteiger partial charge in [0.1, 0.15) is 12.4 Å². The summed E-state index contributed by atoms with van der Waals surface area (Å²) in [6.07, 6.45) is 1.44. The number of carboxylic acids is 1. The molecule has 0 saturated heterocycles. The summed E-state index contributed by atoms with van der Waals surface area (Å²) >= 11 is 0. The maximum absolute atomic E-state index is 11.1. The number of likely N-dealkylation sites (N-methyl/N-ethyl adjacent to an activating group) is 1. The van der Waals surface area contributed by atoms with E-state index in [2.05, 4.69) is 4.98 Å². The first kappa shape index (κ1) is 14.9. The van der Waals surface area contributed by atoms with E-state index in [1.807, 2.05) is 19.0 Å². The van der Waals surface area contributed by atoms with E-state index in [1.165, 1.54) is 18.3 Å². The van der Waals surface area contributed by atoms with Crippen LogP contribution in [0.1, 0.15) is 10.4 Å². The Morgan fingerprint density at radius 1 is 1.37 bits per heavy atom. The van der Waals surface area contributed by atoms with E-state index >= 15 is 0 Å². The van der Waals surface area contributed by atoms with Crippen molar-refractivity contribution in [1.82, 2.24) is 9.88 Å². The number of aliphatic carboxylic acids is 1. The van der Waals surface area contributed by atoms with Crippen molar-refractivity contribution in [2.24, 2.45) is 5.73 Å². The Morgan fingerprint density at radius 2 is 2.05 bits per heavy atom. The lowest BCUT2D eigenvalue weighted by Gasteiger charge is -2.23. The topological polar surface area (TPSA) is 99.8 Å².